The number of hydrogen-bond acceptors (Lipinski definition) is 5. The van der Waals surface area contributed by atoms with E-state index in [4.69, 9.17) is 17.3 Å². The zero-order valence-corrected chi connectivity index (χ0v) is 11.2. The number of nitrogen functional groups attached to an aromatic ring is 1. The lowest BCUT2D eigenvalue weighted by Crippen LogP contribution is -2.07. The second-order valence-corrected chi connectivity index (χ2v) is 4.29. The van der Waals surface area contributed by atoms with Crippen LogP contribution in [0.2, 0.25) is 5.02 Å². The molecule has 0 bridgehead atoms. The maximum atomic E-state index is 13.1. The van der Waals surface area contributed by atoms with Gasteiger partial charge >= 0.3 is 5.97 Å². The first kappa shape index (κ1) is 14.1. The molecule has 0 saturated carbocycles. The minimum absolute atomic E-state index is 0.0299. The molecule has 0 spiro atoms. The van der Waals surface area contributed by atoms with Crippen molar-refractivity contribution in [1.29, 1.82) is 0 Å². The van der Waals surface area contributed by atoms with Crippen LogP contribution in [-0.4, -0.2) is 18.1 Å². The van der Waals surface area contributed by atoms with Gasteiger partial charge in [0.15, 0.2) is 11.5 Å². The molecule has 104 valence electrons. The molecule has 0 aliphatic heterocycles. The van der Waals surface area contributed by atoms with Crippen LogP contribution in [-0.2, 0) is 4.74 Å². The molecule has 0 saturated heterocycles. The minimum atomic E-state index is -0.579. The predicted octanol–water partition coefficient (Wildman–Crippen LogP) is 2.99. The number of benzene rings is 1. The maximum Gasteiger partial charge on any atom is 0.356 e. The number of hydrogen-bond donors (Lipinski definition) is 2. The first-order valence-corrected chi connectivity index (χ1v) is 5.96. The Morgan fingerprint density at radius 1 is 1.40 bits per heavy atom. The van der Waals surface area contributed by atoms with Crippen LogP contribution in [0.3, 0.4) is 0 Å². The van der Waals surface area contributed by atoms with Crippen LogP contribution < -0.4 is 11.1 Å². The van der Waals surface area contributed by atoms with Crippen molar-refractivity contribution in [3.05, 3.63) is 46.9 Å². The molecule has 20 heavy (non-hydrogen) atoms. The Kier molecular flexibility index (Phi) is 4.05. The number of ether oxygens (including phenoxy) is 1. The number of esters is 1. The highest BCUT2D eigenvalue weighted by molar-refractivity contribution is 6.31. The van der Waals surface area contributed by atoms with Gasteiger partial charge in [-0.15, -0.1) is 0 Å². The summed E-state index contributed by atoms with van der Waals surface area (Å²) in [5.74, 6) is -0.845. The number of methoxy groups -OCH3 is 1. The molecule has 1 heterocycles. The smallest absolute Gasteiger partial charge is 0.356 e. The molecule has 1 aromatic carbocycles. The van der Waals surface area contributed by atoms with Gasteiger partial charge in [0.25, 0.3) is 0 Å². The van der Waals surface area contributed by atoms with Gasteiger partial charge in [0.1, 0.15) is 5.82 Å². The van der Waals surface area contributed by atoms with Crippen LogP contribution in [0.4, 0.5) is 21.6 Å². The lowest BCUT2D eigenvalue weighted by molar-refractivity contribution is 0.0594. The second-order valence-electron chi connectivity index (χ2n) is 3.88. The van der Waals surface area contributed by atoms with Crippen LogP contribution in [0.15, 0.2) is 30.3 Å². The molecule has 0 amide bonds. The fourth-order valence-electron chi connectivity index (χ4n) is 1.50. The molecule has 0 unspecified atom stereocenters. The van der Waals surface area contributed by atoms with Gasteiger partial charge in [0.2, 0.25) is 0 Å². The van der Waals surface area contributed by atoms with Gasteiger partial charge in [-0.3, -0.25) is 0 Å². The molecule has 0 aliphatic rings. The first-order chi connectivity index (χ1) is 9.51. The molecule has 1 aromatic heterocycles. The van der Waals surface area contributed by atoms with Gasteiger partial charge in [0.05, 0.1) is 17.8 Å². The lowest BCUT2D eigenvalue weighted by Gasteiger charge is -2.10. The van der Waals surface area contributed by atoms with Crippen LogP contribution in [0, 0.1) is 5.82 Å². The zero-order chi connectivity index (χ0) is 14.7. The molecular weight excluding hydrogens is 285 g/mol. The van der Waals surface area contributed by atoms with E-state index < -0.39 is 11.8 Å². The maximum absolute atomic E-state index is 13.1. The summed E-state index contributed by atoms with van der Waals surface area (Å²) in [6.07, 6.45) is 0. The third-order valence-corrected chi connectivity index (χ3v) is 2.79. The molecule has 5 nitrogen and oxygen atoms in total. The van der Waals surface area contributed by atoms with Gasteiger partial charge < -0.3 is 15.8 Å². The van der Waals surface area contributed by atoms with Crippen molar-refractivity contribution in [2.45, 2.75) is 0 Å². The molecule has 2 aromatic rings. The highest BCUT2D eigenvalue weighted by Gasteiger charge is 2.11. The van der Waals surface area contributed by atoms with Crippen molar-refractivity contribution < 1.29 is 13.9 Å². The van der Waals surface area contributed by atoms with E-state index in [9.17, 15) is 9.18 Å². The predicted molar refractivity (Wildman–Crippen MR) is 74.7 cm³/mol. The summed E-state index contributed by atoms with van der Waals surface area (Å²) in [7, 11) is 1.26. The Labute approximate surface area is 119 Å². The SMILES string of the molecule is COC(=O)c1ccc(N)c(Nc2ccc(F)c(Cl)c2)n1. The normalized spacial score (nSPS) is 10.2. The standard InChI is InChI=1S/C13H11ClFN3O2/c1-20-13(19)11-5-4-10(16)12(18-11)17-7-2-3-9(15)8(14)6-7/h2-6H,16H2,1H3,(H,17,18). The molecule has 0 aliphatic carbocycles. The summed E-state index contributed by atoms with van der Waals surface area (Å²) in [6, 6.07) is 7.05. The fourth-order valence-corrected chi connectivity index (χ4v) is 1.68. The highest BCUT2D eigenvalue weighted by Crippen LogP contribution is 2.25. The van der Waals surface area contributed by atoms with Gasteiger partial charge in [-0.2, -0.15) is 0 Å². The number of nitrogens with one attached hydrogen (secondary N) is 1. The van der Waals surface area contributed by atoms with Gasteiger partial charge in [-0.1, -0.05) is 11.6 Å². The van der Waals surface area contributed by atoms with Crippen molar-refractivity contribution in [2.24, 2.45) is 0 Å². The van der Waals surface area contributed by atoms with Gasteiger partial charge in [-0.25, -0.2) is 14.2 Å². The summed E-state index contributed by atoms with van der Waals surface area (Å²) in [6.45, 7) is 0. The lowest BCUT2D eigenvalue weighted by atomic mass is 10.3. The number of anilines is 3. The molecule has 7 heteroatoms. The monoisotopic (exact) mass is 295 g/mol. The number of pyridine rings is 1. The summed E-state index contributed by atoms with van der Waals surface area (Å²) in [4.78, 5) is 15.4. The van der Waals surface area contributed by atoms with E-state index in [0.29, 0.717) is 11.4 Å². The summed E-state index contributed by atoms with van der Waals surface area (Å²) >= 11 is 5.68. The van der Waals surface area contributed by atoms with E-state index >= 15 is 0 Å². The van der Waals surface area contributed by atoms with E-state index in [1.54, 1.807) is 0 Å². The van der Waals surface area contributed by atoms with Crippen molar-refractivity contribution in [1.82, 2.24) is 4.98 Å². The fraction of sp³-hybridized carbons (Fsp3) is 0.0769. The highest BCUT2D eigenvalue weighted by atomic mass is 35.5. The number of rotatable bonds is 3. The van der Waals surface area contributed by atoms with E-state index in [1.165, 1.54) is 37.4 Å². The Hall–Kier alpha value is -2.34. The Morgan fingerprint density at radius 2 is 2.15 bits per heavy atom. The molecule has 0 fully saturated rings. The second kappa shape index (κ2) is 5.75. The summed E-state index contributed by atoms with van der Waals surface area (Å²) in [5.41, 5.74) is 6.70. The Morgan fingerprint density at radius 3 is 2.80 bits per heavy atom. The van der Waals surface area contributed by atoms with E-state index in [2.05, 4.69) is 15.0 Å². The number of carbonyl (C=O) groups excluding carboxylic acids is 1. The quantitative estimate of drug-likeness (QED) is 0.851. The van der Waals surface area contributed by atoms with Crippen LogP contribution in [0.1, 0.15) is 10.5 Å². The molecule has 0 radical (unpaired) electrons. The van der Waals surface area contributed by atoms with Crippen LogP contribution in [0.25, 0.3) is 0 Å². The summed E-state index contributed by atoms with van der Waals surface area (Å²) < 4.78 is 17.6. The molecule has 2 rings (SSSR count). The topological polar surface area (TPSA) is 77.2 Å². The van der Waals surface area contributed by atoms with Crippen LogP contribution in [0.5, 0.6) is 0 Å². The number of aromatic nitrogens is 1. The Bertz CT molecular complexity index is 664. The average Bonchev–Trinajstić information content (AvgIpc) is 2.44. The van der Waals surface area contributed by atoms with Crippen molar-refractivity contribution in [2.75, 3.05) is 18.2 Å². The minimum Gasteiger partial charge on any atom is -0.464 e. The van der Waals surface area contributed by atoms with Gasteiger partial charge in [-0.05, 0) is 30.3 Å². The van der Waals surface area contributed by atoms with E-state index in [1.807, 2.05) is 0 Å². The van der Waals surface area contributed by atoms with E-state index in [0.717, 1.165) is 0 Å². The Balaban J connectivity index is 2.32. The van der Waals surface area contributed by atoms with E-state index in [-0.39, 0.29) is 16.5 Å². The number of carbonyl (C=O) groups is 1. The van der Waals surface area contributed by atoms with Gasteiger partial charge in [0, 0.05) is 5.69 Å². The average molecular weight is 296 g/mol. The van der Waals surface area contributed by atoms with Crippen LogP contribution >= 0.6 is 11.6 Å². The molecule has 3 N–H and O–H groups in total. The first-order valence-electron chi connectivity index (χ1n) is 5.58. The number of nitrogens with zero attached hydrogens (tertiary/aromatic N) is 1. The number of halogens is 2. The largest absolute Gasteiger partial charge is 0.464 e. The third-order valence-electron chi connectivity index (χ3n) is 2.50. The van der Waals surface area contributed by atoms with Crippen molar-refractivity contribution in [3.63, 3.8) is 0 Å². The van der Waals surface area contributed by atoms with Crippen molar-refractivity contribution >= 4 is 34.8 Å². The molecular formula is C13H11ClFN3O2. The summed E-state index contributed by atoms with van der Waals surface area (Å²) in [5, 5.41) is 2.83. The molecule has 0 atom stereocenters. The third kappa shape index (κ3) is 2.97. The zero-order valence-electron chi connectivity index (χ0n) is 10.5. The van der Waals surface area contributed by atoms with Crippen molar-refractivity contribution in [3.8, 4) is 0 Å². The number of nitrogens with two attached hydrogens (primary N) is 1.